The van der Waals surface area contributed by atoms with E-state index in [-0.39, 0.29) is 11.1 Å². The van der Waals surface area contributed by atoms with E-state index in [1.807, 2.05) is 0 Å². The molecule has 26 heavy (non-hydrogen) atoms. The van der Waals surface area contributed by atoms with E-state index >= 15 is 0 Å². The molecule has 2 rings (SSSR count). The van der Waals surface area contributed by atoms with E-state index in [0.717, 1.165) is 0 Å². The van der Waals surface area contributed by atoms with Gasteiger partial charge < -0.3 is 20.1 Å². The van der Waals surface area contributed by atoms with E-state index < -0.39 is 35.4 Å². The Morgan fingerprint density at radius 3 is 1.77 bits per heavy atom. The van der Waals surface area contributed by atoms with E-state index in [1.54, 1.807) is 12.1 Å². The molecule has 2 aromatic carbocycles. The average molecular weight is 358 g/mol. The lowest BCUT2D eigenvalue weighted by atomic mass is 9.87. The van der Waals surface area contributed by atoms with Crippen LogP contribution in [0.5, 0.6) is 0 Å². The minimum absolute atomic E-state index is 0.0693. The van der Waals surface area contributed by atoms with E-state index in [2.05, 4.69) is 4.74 Å². The fourth-order valence-corrected chi connectivity index (χ4v) is 2.11. The molecule has 0 aromatic heterocycles. The maximum Gasteiger partial charge on any atom is 0.357 e. The molecule has 0 bridgehead atoms. The van der Waals surface area contributed by atoms with Crippen LogP contribution in [-0.2, 0) is 14.3 Å². The van der Waals surface area contributed by atoms with Crippen LogP contribution in [0.25, 0.3) is 0 Å². The number of esters is 2. The summed E-state index contributed by atoms with van der Waals surface area (Å²) < 4.78 is 4.44. The summed E-state index contributed by atoms with van der Waals surface area (Å²) in [5.41, 5.74) is -3.82. The maximum atomic E-state index is 12.5. The lowest BCUT2D eigenvalue weighted by molar-refractivity contribution is -0.175. The molecule has 0 saturated heterocycles. The summed E-state index contributed by atoms with van der Waals surface area (Å²) in [6, 6.07) is 13.9. The fourth-order valence-electron chi connectivity index (χ4n) is 2.11. The zero-order chi connectivity index (χ0) is 19.3. The van der Waals surface area contributed by atoms with Crippen molar-refractivity contribution in [2.75, 3.05) is 0 Å². The van der Waals surface area contributed by atoms with Gasteiger partial charge in [-0.05, 0) is 12.1 Å². The Bertz CT molecular complexity index is 831. The monoisotopic (exact) mass is 358 g/mol. The second-order valence-electron chi connectivity index (χ2n) is 5.25. The van der Waals surface area contributed by atoms with Crippen molar-refractivity contribution in [1.82, 2.24) is 0 Å². The Balaban J connectivity index is 2.38. The van der Waals surface area contributed by atoms with Gasteiger partial charge in [-0.2, -0.15) is 0 Å². The topological polar surface area (TPSA) is 138 Å². The number of aliphatic carboxylic acids is 1. The molecule has 8 nitrogen and oxygen atoms in total. The van der Waals surface area contributed by atoms with E-state index in [0.29, 0.717) is 0 Å². The lowest BCUT2D eigenvalue weighted by Crippen LogP contribution is -2.59. The van der Waals surface area contributed by atoms with Crippen LogP contribution < -0.4 is 0 Å². The van der Waals surface area contributed by atoms with Gasteiger partial charge in [-0.1, -0.05) is 48.5 Å². The number of ether oxygens (including phenoxy) is 1. The van der Waals surface area contributed by atoms with Crippen molar-refractivity contribution in [2.45, 2.75) is 11.7 Å². The Hall–Kier alpha value is -3.36. The largest absolute Gasteiger partial charge is 0.479 e. The molecule has 0 fully saturated rings. The molecular formula is C18H14O8. The number of aliphatic hydroxyl groups is 2. The van der Waals surface area contributed by atoms with E-state index in [1.165, 1.54) is 48.5 Å². The highest BCUT2D eigenvalue weighted by Gasteiger charge is 2.56. The molecule has 0 radical (unpaired) electrons. The predicted octanol–water partition coefficient (Wildman–Crippen LogP) is 0.429. The van der Waals surface area contributed by atoms with Crippen LogP contribution in [-0.4, -0.2) is 50.7 Å². The third kappa shape index (κ3) is 3.66. The zero-order valence-electron chi connectivity index (χ0n) is 13.2. The van der Waals surface area contributed by atoms with Crippen LogP contribution in [0.4, 0.5) is 0 Å². The number of aliphatic hydroxyl groups excluding tert-OH is 1. The van der Waals surface area contributed by atoms with Gasteiger partial charge in [0.15, 0.2) is 6.10 Å². The predicted molar refractivity (Wildman–Crippen MR) is 86.2 cm³/mol. The van der Waals surface area contributed by atoms with E-state index in [4.69, 9.17) is 5.11 Å². The molecule has 0 aliphatic carbocycles. The molecule has 0 amide bonds. The van der Waals surface area contributed by atoms with Crippen LogP contribution >= 0.6 is 0 Å². The van der Waals surface area contributed by atoms with Gasteiger partial charge in [0, 0.05) is 5.56 Å². The molecule has 8 heteroatoms. The zero-order valence-corrected chi connectivity index (χ0v) is 13.2. The molecule has 0 saturated carbocycles. The number of carbonyl (C=O) groups is 4. The van der Waals surface area contributed by atoms with Gasteiger partial charge in [0.1, 0.15) is 0 Å². The van der Waals surface area contributed by atoms with E-state index in [9.17, 15) is 29.4 Å². The maximum absolute atomic E-state index is 12.5. The van der Waals surface area contributed by atoms with Crippen LogP contribution in [0.2, 0.25) is 0 Å². The highest BCUT2D eigenvalue weighted by atomic mass is 16.6. The molecule has 3 N–H and O–H groups in total. The first kappa shape index (κ1) is 19.0. The molecule has 134 valence electrons. The quantitative estimate of drug-likeness (QED) is 0.384. The van der Waals surface area contributed by atoms with Crippen molar-refractivity contribution in [1.29, 1.82) is 0 Å². The van der Waals surface area contributed by atoms with Crippen molar-refractivity contribution < 1.29 is 39.2 Å². The first-order valence-corrected chi connectivity index (χ1v) is 7.33. The third-order valence-corrected chi connectivity index (χ3v) is 3.52. The van der Waals surface area contributed by atoms with Gasteiger partial charge >= 0.3 is 17.9 Å². The summed E-state index contributed by atoms with van der Waals surface area (Å²) >= 11 is 0. The highest BCUT2D eigenvalue weighted by molar-refractivity contribution is 6.19. The summed E-state index contributed by atoms with van der Waals surface area (Å²) in [5, 5.41) is 29.1. The number of carboxylic acid groups (broad SMARTS) is 1. The molecule has 2 atom stereocenters. The van der Waals surface area contributed by atoms with Gasteiger partial charge in [-0.25, -0.2) is 14.4 Å². The number of hydrogen-bond donors (Lipinski definition) is 3. The van der Waals surface area contributed by atoms with Crippen molar-refractivity contribution >= 4 is 23.7 Å². The average Bonchev–Trinajstić information content (AvgIpc) is 2.67. The van der Waals surface area contributed by atoms with Crippen LogP contribution in [0.3, 0.4) is 0 Å². The first-order valence-electron chi connectivity index (χ1n) is 7.33. The summed E-state index contributed by atoms with van der Waals surface area (Å²) in [6.07, 6.45) is -2.84. The van der Waals surface area contributed by atoms with Crippen molar-refractivity contribution in [3.05, 3.63) is 71.8 Å². The summed E-state index contributed by atoms with van der Waals surface area (Å²) in [4.78, 5) is 47.8. The van der Waals surface area contributed by atoms with Gasteiger partial charge in [0.2, 0.25) is 5.78 Å². The smallest absolute Gasteiger partial charge is 0.357 e. The highest BCUT2D eigenvalue weighted by Crippen LogP contribution is 2.21. The molecule has 0 aliphatic rings. The number of carboxylic acids is 1. The van der Waals surface area contributed by atoms with Gasteiger partial charge in [0.05, 0.1) is 5.56 Å². The normalized spacial score (nSPS) is 13.9. The SMILES string of the molecule is O=C(OC(=O)[C@@](O)(C(=O)c1ccccc1)[C@H](O)C(=O)O)c1ccccc1. The third-order valence-electron chi connectivity index (χ3n) is 3.52. The number of Topliss-reactive ketones (excluding diaryl/α,β-unsaturated/α-hetero) is 1. The number of carbonyl (C=O) groups excluding carboxylic acids is 3. The lowest BCUT2D eigenvalue weighted by Gasteiger charge is -2.26. The molecule has 0 unspecified atom stereocenters. The Kier molecular flexibility index (Phi) is 5.61. The Morgan fingerprint density at radius 2 is 1.31 bits per heavy atom. The summed E-state index contributed by atoms with van der Waals surface area (Å²) in [7, 11) is 0. The van der Waals surface area contributed by atoms with Gasteiger partial charge in [-0.3, -0.25) is 4.79 Å². The van der Waals surface area contributed by atoms with Gasteiger partial charge in [0.25, 0.3) is 5.60 Å². The first-order chi connectivity index (χ1) is 12.3. The van der Waals surface area contributed by atoms with Crippen molar-refractivity contribution in [2.24, 2.45) is 0 Å². The number of benzene rings is 2. The molecule has 0 heterocycles. The number of ketones is 1. The second kappa shape index (κ2) is 7.68. The van der Waals surface area contributed by atoms with Crippen LogP contribution in [0, 0.1) is 0 Å². The van der Waals surface area contributed by atoms with Crippen LogP contribution in [0.1, 0.15) is 20.7 Å². The Morgan fingerprint density at radius 1 is 0.846 bits per heavy atom. The van der Waals surface area contributed by atoms with Crippen LogP contribution in [0.15, 0.2) is 60.7 Å². The minimum atomic E-state index is -3.50. The van der Waals surface area contributed by atoms with Gasteiger partial charge in [-0.15, -0.1) is 0 Å². The number of rotatable bonds is 6. The fraction of sp³-hybridized carbons (Fsp3) is 0.111. The van der Waals surface area contributed by atoms with Crippen molar-refractivity contribution in [3.63, 3.8) is 0 Å². The molecule has 0 spiro atoms. The standard InChI is InChI=1S/C18H14O8/c19-13(11-7-3-1-4-8-11)18(25,14(20)15(21)22)17(24)26-16(23)12-9-5-2-6-10-12/h1-10,14,20,25H,(H,21,22)/t14-,18-/m1/s1. The minimum Gasteiger partial charge on any atom is -0.479 e. The summed E-state index contributed by atoms with van der Waals surface area (Å²) in [6.45, 7) is 0. The molecule has 2 aromatic rings. The molecule has 0 aliphatic heterocycles. The summed E-state index contributed by atoms with van der Waals surface area (Å²) in [5.74, 6) is -6.57. The Labute approximate surface area is 147 Å². The second-order valence-corrected chi connectivity index (χ2v) is 5.25. The molecular weight excluding hydrogens is 344 g/mol. The van der Waals surface area contributed by atoms with Crippen molar-refractivity contribution in [3.8, 4) is 0 Å². The number of hydrogen-bond acceptors (Lipinski definition) is 7.